The summed E-state index contributed by atoms with van der Waals surface area (Å²) >= 11 is 0. The van der Waals surface area contributed by atoms with Gasteiger partial charge in [-0.05, 0) is 48.4 Å². The molecular weight excluding hydrogens is 361 g/mol. The molecule has 6 nitrogen and oxygen atoms in total. The van der Waals surface area contributed by atoms with E-state index in [0.29, 0.717) is 22.4 Å². The van der Waals surface area contributed by atoms with Crippen molar-refractivity contribution in [2.24, 2.45) is 0 Å². The highest BCUT2D eigenvalue weighted by Crippen LogP contribution is 2.25. The minimum absolute atomic E-state index is 0.242. The molecule has 0 bridgehead atoms. The lowest BCUT2D eigenvalue weighted by Crippen LogP contribution is -2.19. The number of carbonyl (C=O) groups is 1. The van der Waals surface area contributed by atoms with Gasteiger partial charge in [0.25, 0.3) is 16.0 Å². The Morgan fingerprint density at radius 2 is 1.85 bits per heavy atom. The van der Waals surface area contributed by atoms with Crippen LogP contribution in [0.25, 0.3) is 0 Å². The van der Waals surface area contributed by atoms with Crippen LogP contribution in [0.1, 0.15) is 27.6 Å². The van der Waals surface area contributed by atoms with Gasteiger partial charge in [-0.1, -0.05) is 12.1 Å². The second kappa shape index (κ2) is 8.29. The molecule has 1 atom stereocenters. The second-order valence-electron chi connectivity index (χ2n) is 5.71. The number of benzene rings is 2. The first-order valence-electron chi connectivity index (χ1n) is 7.79. The lowest BCUT2D eigenvalue weighted by Gasteiger charge is -2.19. The van der Waals surface area contributed by atoms with Gasteiger partial charge in [0.2, 0.25) is 0 Å². The highest BCUT2D eigenvalue weighted by molar-refractivity contribution is 7.85. The Morgan fingerprint density at radius 1 is 1.19 bits per heavy atom. The summed E-state index contributed by atoms with van der Waals surface area (Å²) < 4.78 is 47.1. The van der Waals surface area contributed by atoms with E-state index in [1.54, 1.807) is 43.3 Å². The Balaban J connectivity index is 2.25. The minimum Gasteiger partial charge on any atom is -0.483 e. The fourth-order valence-corrected chi connectivity index (χ4v) is 2.56. The first-order chi connectivity index (χ1) is 12.2. The van der Waals surface area contributed by atoms with E-state index in [1.165, 1.54) is 13.1 Å². The molecule has 0 heterocycles. The average molecular weight is 381 g/mol. The maximum Gasteiger partial charge on any atom is 0.264 e. The molecule has 0 saturated carbocycles. The Morgan fingerprint density at radius 3 is 2.38 bits per heavy atom. The first kappa shape index (κ1) is 19.9. The zero-order valence-electron chi connectivity index (χ0n) is 14.7. The molecule has 0 aliphatic heterocycles. The van der Waals surface area contributed by atoms with Crippen LogP contribution in [0.15, 0.2) is 42.5 Å². The summed E-state index contributed by atoms with van der Waals surface area (Å²) in [7, 11) is -2.16. The maximum atomic E-state index is 13.9. The molecule has 0 aromatic heterocycles. The number of ether oxygens (including phenoxy) is 1. The quantitative estimate of drug-likeness (QED) is 0.746. The molecule has 0 fully saturated rings. The fourth-order valence-electron chi connectivity index (χ4n) is 2.19. The molecule has 1 amide bonds. The number of hydrogen-bond acceptors (Lipinski definition) is 5. The smallest absolute Gasteiger partial charge is 0.264 e. The van der Waals surface area contributed by atoms with Crippen LogP contribution in [-0.4, -0.2) is 34.2 Å². The zero-order valence-corrected chi connectivity index (χ0v) is 15.5. The number of carbonyl (C=O) groups excluding carboxylic acids is 1. The largest absolute Gasteiger partial charge is 0.483 e. The predicted molar refractivity (Wildman–Crippen MR) is 95.1 cm³/mol. The maximum absolute atomic E-state index is 13.9. The van der Waals surface area contributed by atoms with E-state index < -0.39 is 22.0 Å². The van der Waals surface area contributed by atoms with Gasteiger partial charge in [-0.25, -0.2) is 4.39 Å². The molecule has 0 radical (unpaired) electrons. The van der Waals surface area contributed by atoms with Crippen LogP contribution in [0.3, 0.4) is 0 Å². The van der Waals surface area contributed by atoms with Gasteiger partial charge in [0.15, 0.2) is 0 Å². The topological polar surface area (TPSA) is 81.7 Å². The third-order valence-corrected chi connectivity index (χ3v) is 4.19. The van der Waals surface area contributed by atoms with Gasteiger partial charge < -0.3 is 10.1 Å². The highest BCUT2D eigenvalue weighted by Gasteiger charge is 2.18. The number of halogens is 1. The van der Waals surface area contributed by atoms with Crippen molar-refractivity contribution in [3.8, 4) is 5.75 Å². The molecule has 2 aromatic rings. The summed E-state index contributed by atoms with van der Waals surface area (Å²) in [6.45, 7) is 1.32. The molecule has 2 aromatic carbocycles. The summed E-state index contributed by atoms with van der Waals surface area (Å²) in [6, 6.07) is 10.8. The fraction of sp³-hybridized carbons (Fsp3) is 0.278. The standard InChI is InChI=1S/C18H20FNO5S/c1-12-4-5-14(10-16(12)19)17(11-24-26(3,22)23)25-15-8-6-13(7-9-15)18(21)20-2/h4-10,17H,11H2,1-3H3,(H,20,21). The Kier molecular flexibility index (Phi) is 6.33. The summed E-state index contributed by atoms with van der Waals surface area (Å²) in [6.07, 6.45) is 0.0865. The lowest BCUT2D eigenvalue weighted by molar-refractivity contribution is 0.0962. The van der Waals surface area contributed by atoms with Gasteiger partial charge in [-0.15, -0.1) is 0 Å². The van der Waals surface area contributed by atoms with Crippen LogP contribution in [-0.2, 0) is 14.3 Å². The van der Waals surface area contributed by atoms with Crippen molar-refractivity contribution in [3.05, 3.63) is 65.0 Å². The molecule has 0 saturated heterocycles. The van der Waals surface area contributed by atoms with Gasteiger partial charge in [0.05, 0.1) is 6.26 Å². The molecular formula is C18H20FNO5S. The van der Waals surface area contributed by atoms with Gasteiger partial charge >= 0.3 is 0 Å². The number of nitrogens with one attached hydrogen (secondary N) is 1. The SMILES string of the molecule is CNC(=O)c1ccc(OC(COS(C)(=O)=O)c2ccc(C)c(F)c2)cc1. The molecule has 1 N–H and O–H groups in total. The van der Waals surface area contributed by atoms with E-state index in [0.717, 1.165) is 6.26 Å². The van der Waals surface area contributed by atoms with Crippen LogP contribution < -0.4 is 10.1 Å². The van der Waals surface area contributed by atoms with E-state index in [2.05, 4.69) is 5.32 Å². The summed E-state index contributed by atoms with van der Waals surface area (Å²) in [5, 5.41) is 2.51. The van der Waals surface area contributed by atoms with Crippen molar-refractivity contribution >= 4 is 16.0 Å². The Bertz CT molecular complexity index is 881. The number of aryl methyl sites for hydroxylation is 1. The third-order valence-electron chi connectivity index (χ3n) is 3.62. The van der Waals surface area contributed by atoms with Crippen molar-refractivity contribution in [2.45, 2.75) is 13.0 Å². The number of hydrogen-bond donors (Lipinski definition) is 1. The molecule has 0 aliphatic rings. The summed E-state index contributed by atoms with van der Waals surface area (Å²) in [4.78, 5) is 11.6. The van der Waals surface area contributed by atoms with Crippen LogP contribution in [0, 0.1) is 12.7 Å². The number of rotatable bonds is 7. The van der Waals surface area contributed by atoms with E-state index in [1.807, 2.05) is 0 Å². The Hall–Kier alpha value is -2.45. The van der Waals surface area contributed by atoms with Gasteiger partial charge in [-0.2, -0.15) is 8.42 Å². The third kappa shape index (κ3) is 5.53. The van der Waals surface area contributed by atoms with Crippen LogP contribution in [0.2, 0.25) is 0 Å². The monoisotopic (exact) mass is 381 g/mol. The van der Waals surface area contributed by atoms with Crippen molar-refractivity contribution < 1.29 is 26.5 Å². The summed E-state index contributed by atoms with van der Waals surface area (Å²) in [5.74, 6) is -0.278. The molecule has 26 heavy (non-hydrogen) atoms. The van der Waals surface area contributed by atoms with Crippen molar-refractivity contribution in [2.75, 3.05) is 19.9 Å². The van der Waals surface area contributed by atoms with Crippen LogP contribution >= 0.6 is 0 Å². The van der Waals surface area contributed by atoms with E-state index in [9.17, 15) is 17.6 Å². The van der Waals surface area contributed by atoms with E-state index in [4.69, 9.17) is 8.92 Å². The van der Waals surface area contributed by atoms with Gasteiger partial charge in [0, 0.05) is 12.6 Å². The van der Waals surface area contributed by atoms with Crippen LogP contribution in [0.5, 0.6) is 5.75 Å². The average Bonchev–Trinajstić information content (AvgIpc) is 2.60. The van der Waals surface area contributed by atoms with Crippen LogP contribution in [0.4, 0.5) is 4.39 Å². The zero-order chi connectivity index (χ0) is 19.3. The normalized spacial score (nSPS) is 12.5. The van der Waals surface area contributed by atoms with Crippen molar-refractivity contribution in [1.82, 2.24) is 5.32 Å². The number of amides is 1. The highest BCUT2D eigenvalue weighted by atomic mass is 32.2. The molecule has 1 unspecified atom stereocenters. The first-order valence-corrected chi connectivity index (χ1v) is 9.60. The lowest BCUT2D eigenvalue weighted by atomic mass is 10.1. The Labute approximate surface area is 152 Å². The molecule has 8 heteroatoms. The van der Waals surface area contributed by atoms with Gasteiger partial charge in [-0.3, -0.25) is 8.98 Å². The summed E-state index contributed by atoms with van der Waals surface area (Å²) in [5.41, 5.74) is 1.35. The molecule has 140 valence electrons. The van der Waals surface area contributed by atoms with E-state index >= 15 is 0 Å². The van der Waals surface area contributed by atoms with Gasteiger partial charge in [0.1, 0.15) is 24.3 Å². The molecule has 0 aliphatic carbocycles. The van der Waals surface area contributed by atoms with E-state index in [-0.39, 0.29) is 12.5 Å². The minimum atomic E-state index is -3.69. The molecule has 0 spiro atoms. The second-order valence-corrected chi connectivity index (χ2v) is 7.35. The van der Waals surface area contributed by atoms with Crippen molar-refractivity contribution in [3.63, 3.8) is 0 Å². The van der Waals surface area contributed by atoms with Crippen molar-refractivity contribution in [1.29, 1.82) is 0 Å². The molecule has 2 rings (SSSR count). The predicted octanol–water partition coefficient (Wildman–Crippen LogP) is 2.59.